The van der Waals surface area contributed by atoms with Crippen molar-refractivity contribution < 1.29 is 69.3 Å². The second kappa shape index (κ2) is 14.4. The van der Waals surface area contributed by atoms with Crippen LogP contribution in [-0.4, -0.2) is 121 Å². The van der Waals surface area contributed by atoms with Crippen molar-refractivity contribution in [2.24, 2.45) is 0 Å². The van der Waals surface area contributed by atoms with Crippen molar-refractivity contribution >= 4 is 12.0 Å². The van der Waals surface area contributed by atoms with Crippen molar-refractivity contribution in [1.82, 2.24) is 0 Å². The first-order valence-electron chi connectivity index (χ1n) is 13.6. The Balaban J connectivity index is 1.52. The first kappa shape index (κ1) is 32.6. The predicted molar refractivity (Wildman–Crippen MR) is 145 cm³/mol. The maximum atomic E-state index is 12.8. The van der Waals surface area contributed by atoms with E-state index >= 15 is 0 Å². The summed E-state index contributed by atoms with van der Waals surface area (Å²) in [5.41, 5.74) is 1.08. The van der Waals surface area contributed by atoms with Crippen LogP contribution in [0.25, 0.3) is 6.08 Å². The maximum absolute atomic E-state index is 12.8. The molecule has 4 rings (SSSR count). The van der Waals surface area contributed by atoms with Gasteiger partial charge in [0, 0.05) is 6.08 Å². The van der Waals surface area contributed by atoms with E-state index in [4.69, 9.17) is 23.7 Å². The zero-order chi connectivity index (χ0) is 31.3. The topological polar surface area (TPSA) is 225 Å². The third-order valence-corrected chi connectivity index (χ3v) is 7.14. The number of carbonyl (C=O) groups is 1. The molecule has 2 aliphatic rings. The summed E-state index contributed by atoms with van der Waals surface area (Å²) >= 11 is 0. The van der Waals surface area contributed by atoms with Gasteiger partial charge in [-0.05, 0) is 54.8 Å². The first-order chi connectivity index (χ1) is 20.5. The number of carbonyl (C=O) groups excluding carboxylic acids is 1. The van der Waals surface area contributed by atoms with Crippen molar-refractivity contribution in [2.75, 3.05) is 13.2 Å². The summed E-state index contributed by atoms with van der Waals surface area (Å²) < 4.78 is 28.3. The fourth-order valence-electron chi connectivity index (χ4n) is 4.74. The maximum Gasteiger partial charge on any atom is 0.331 e. The van der Waals surface area contributed by atoms with Crippen LogP contribution in [0.4, 0.5) is 0 Å². The van der Waals surface area contributed by atoms with Crippen LogP contribution in [0.3, 0.4) is 0 Å². The quantitative estimate of drug-likeness (QED) is 0.0947. The minimum Gasteiger partial charge on any atom is -0.508 e. The van der Waals surface area contributed by atoms with Crippen molar-refractivity contribution in [3.05, 3.63) is 59.7 Å². The fourth-order valence-corrected chi connectivity index (χ4v) is 4.74. The number of rotatable bonds is 10. The average Bonchev–Trinajstić information content (AvgIpc) is 2.98. The summed E-state index contributed by atoms with van der Waals surface area (Å²) in [6, 6.07) is 10.3. The van der Waals surface area contributed by atoms with Crippen molar-refractivity contribution in [3.8, 4) is 17.2 Å². The monoisotopic (exact) mass is 608 g/mol. The number of esters is 1. The summed E-state index contributed by atoms with van der Waals surface area (Å²) in [6.07, 6.45) is -12.2. The van der Waals surface area contributed by atoms with Crippen molar-refractivity contribution in [1.29, 1.82) is 0 Å². The van der Waals surface area contributed by atoms with Gasteiger partial charge in [-0.3, -0.25) is 0 Å². The largest absolute Gasteiger partial charge is 0.508 e. The average molecular weight is 609 g/mol. The lowest BCUT2D eigenvalue weighted by atomic mass is 9.97. The summed E-state index contributed by atoms with van der Waals surface area (Å²) in [7, 11) is 0. The summed E-state index contributed by atoms with van der Waals surface area (Å²) in [6.45, 7) is 0.731. The van der Waals surface area contributed by atoms with E-state index < -0.39 is 79.7 Å². The second-order valence-electron chi connectivity index (χ2n) is 10.3. The lowest BCUT2D eigenvalue weighted by Gasteiger charge is -2.46. The minimum atomic E-state index is -1.75. The molecule has 0 amide bonds. The number of benzene rings is 2. The Hall–Kier alpha value is -3.31. The van der Waals surface area contributed by atoms with Gasteiger partial charge in [0.1, 0.15) is 42.4 Å². The summed E-state index contributed by atoms with van der Waals surface area (Å²) in [4.78, 5) is 12.8. The molecule has 2 saturated heterocycles. The Morgan fingerprint density at radius 2 is 1.65 bits per heavy atom. The SMILES string of the molecule is C[C@@H]1O[C@@H](O[C@@H]2[C@@H](O)[C@H](OCCc3cccc(O)c3)O[C@H](CO)[C@H]2OC(=O)/C=C/c2ccc(O)c(O)c2)[C@H](O)[C@H](O)[C@H]1O. The van der Waals surface area contributed by atoms with Gasteiger partial charge in [-0.15, -0.1) is 0 Å². The molecule has 0 radical (unpaired) electrons. The number of hydrogen-bond acceptors (Lipinski definition) is 14. The molecule has 0 spiro atoms. The minimum absolute atomic E-state index is 0.00715. The predicted octanol–water partition coefficient (Wildman–Crippen LogP) is -0.722. The van der Waals surface area contributed by atoms with Crippen molar-refractivity contribution in [2.45, 2.75) is 74.8 Å². The van der Waals surface area contributed by atoms with E-state index in [0.717, 1.165) is 11.6 Å². The van der Waals surface area contributed by atoms with Crippen LogP contribution in [0.2, 0.25) is 0 Å². The van der Waals surface area contributed by atoms with Crippen LogP contribution in [0.1, 0.15) is 18.1 Å². The molecule has 2 heterocycles. The summed E-state index contributed by atoms with van der Waals surface area (Å²) in [5.74, 6) is -1.65. The Bertz CT molecular complexity index is 1250. The van der Waals surface area contributed by atoms with E-state index in [2.05, 4.69) is 0 Å². The van der Waals surface area contributed by atoms with Gasteiger partial charge in [0.05, 0.1) is 19.3 Å². The molecule has 0 bridgehead atoms. The number of ether oxygens (including phenoxy) is 5. The van der Waals surface area contributed by atoms with Crippen LogP contribution >= 0.6 is 0 Å². The van der Waals surface area contributed by atoms with E-state index in [9.17, 15) is 45.6 Å². The van der Waals surface area contributed by atoms with Gasteiger partial charge in [0.25, 0.3) is 0 Å². The highest BCUT2D eigenvalue weighted by molar-refractivity contribution is 5.87. The van der Waals surface area contributed by atoms with Gasteiger partial charge in [0.15, 0.2) is 30.2 Å². The zero-order valence-electron chi connectivity index (χ0n) is 23.1. The smallest absolute Gasteiger partial charge is 0.331 e. The molecule has 0 saturated carbocycles. The molecule has 43 heavy (non-hydrogen) atoms. The zero-order valence-corrected chi connectivity index (χ0v) is 23.1. The standard InChI is InChI=1S/C29H36O14/c1-14-22(35)23(36)24(37)29(40-14)43-27-25(38)28(39-10-9-15-3-2-4-17(31)11-15)41-20(13-30)26(27)42-21(34)8-6-16-5-7-18(32)19(33)12-16/h2-8,11-12,14,20,22-33,35-38H,9-10,13H2,1H3/b8-6+/t14-,20+,22-,23+,24+,25+,26+,27+,28+,29-/m0/s1. The van der Waals surface area contributed by atoms with Crippen LogP contribution in [0.15, 0.2) is 48.5 Å². The van der Waals surface area contributed by atoms with Gasteiger partial charge >= 0.3 is 5.97 Å². The highest BCUT2D eigenvalue weighted by Gasteiger charge is 2.52. The number of aliphatic hydroxyl groups is 5. The lowest BCUT2D eigenvalue weighted by Crippen LogP contribution is -2.65. The second-order valence-corrected chi connectivity index (χ2v) is 10.3. The molecule has 0 unspecified atom stereocenters. The molecular weight excluding hydrogens is 572 g/mol. The third-order valence-electron chi connectivity index (χ3n) is 7.14. The molecule has 10 atom stereocenters. The Morgan fingerprint density at radius 3 is 2.35 bits per heavy atom. The van der Waals surface area contributed by atoms with Crippen LogP contribution in [-0.2, 0) is 34.9 Å². The number of aliphatic hydroxyl groups excluding tert-OH is 5. The van der Waals surface area contributed by atoms with Gasteiger partial charge in [-0.1, -0.05) is 18.2 Å². The number of phenolic OH excluding ortho intramolecular Hbond substituents is 3. The highest BCUT2D eigenvalue weighted by atomic mass is 16.7. The first-order valence-corrected chi connectivity index (χ1v) is 13.6. The van der Waals surface area contributed by atoms with Gasteiger partial charge in [0.2, 0.25) is 0 Å². The van der Waals surface area contributed by atoms with Gasteiger partial charge < -0.3 is 64.5 Å². The summed E-state index contributed by atoms with van der Waals surface area (Å²) in [5, 5.41) is 81.0. The molecule has 14 heteroatoms. The molecule has 2 aromatic rings. The van der Waals surface area contributed by atoms with Crippen molar-refractivity contribution in [3.63, 3.8) is 0 Å². The third kappa shape index (κ3) is 8.00. The van der Waals surface area contributed by atoms with Gasteiger partial charge in [-0.25, -0.2) is 4.79 Å². The number of hydrogen-bond donors (Lipinski definition) is 8. The van der Waals surface area contributed by atoms with E-state index in [1.165, 1.54) is 43.3 Å². The molecule has 0 aliphatic carbocycles. The number of aromatic hydroxyl groups is 3. The van der Waals surface area contributed by atoms with E-state index in [1.54, 1.807) is 12.1 Å². The molecule has 236 valence electrons. The Morgan fingerprint density at radius 1 is 0.884 bits per heavy atom. The lowest BCUT2D eigenvalue weighted by molar-refractivity contribution is -0.357. The Labute approximate surface area is 246 Å². The van der Waals surface area contributed by atoms with Crippen LogP contribution in [0, 0.1) is 0 Å². The fraction of sp³-hybridized carbons (Fsp3) is 0.483. The van der Waals surface area contributed by atoms with Crippen LogP contribution in [0.5, 0.6) is 17.2 Å². The molecule has 2 aliphatic heterocycles. The number of phenols is 3. The molecule has 8 N–H and O–H groups in total. The molecule has 0 aromatic heterocycles. The molecule has 2 fully saturated rings. The Kier molecular flexibility index (Phi) is 10.9. The van der Waals surface area contributed by atoms with Gasteiger partial charge in [-0.2, -0.15) is 0 Å². The van der Waals surface area contributed by atoms with Crippen LogP contribution < -0.4 is 0 Å². The highest BCUT2D eigenvalue weighted by Crippen LogP contribution is 2.31. The molecule has 14 nitrogen and oxygen atoms in total. The van der Waals surface area contributed by atoms with E-state index in [0.29, 0.717) is 12.0 Å². The normalized spacial score (nSPS) is 33.0. The van der Waals surface area contributed by atoms with E-state index in [-0.39, 0.29) is 18.1 Å². The molecule has 2 aromatic carbocycles. The molecular formula is C29H36O14. The van der Waals surface area contributed by atoms with E-state index in [1.807, 2.05) is 0 Å².